The molecule has 1 rings (SSSR count). The molecule has 0 unspecified atom stereocenters. The van der Waals surface area contributed by atoms with Gasteiger partial charge in [-0.25, -0.2) is 0 Å². The van der Waals surface area contributed by atoms with Crippen LogP contribution in [0.4, 0.5) is 0 Å². The summed E-state index contributed by atoms with van der Waals surface area (Å²) < 4.78 is 0. The Balaban J connectivity index is 3.08. The van der Waals surface area contributed by atoms with Crippen molar-refractivity contribution in [2.45, 2.75) is 33.6 Å². The molecule has 0 aliphatic heterocycles. The summed E-state index contributed by atoms with van der Waals surface area (Å²) >= 11 is 0. The van der Waals surface area contributed by atoms with E-state index in [1.54, 1.807) is 5.19 Å². The normalized spacial score (nSPS) is 10.6. The molecular weight excluding hydrogens is 160 g/mol. The van der Waals surface area contributed by atoms with Crippen molar-refractivity contribution in [1.82, 2.24) is 0 Å². The van der Waals surface area contributed by atoms with Crippen LogP contribution >= 0.6 is 0 Å². The molecule has 1 aromatic rings. The van der Waals surface area contributed by atoms with E-state index < -0.39 is 0 Å². The Morgan fingerprint density at radius 2 is 1.83 bits per heavy atom. The molecule has 0 atom stereocenters. The van der Waals surface area contributed by atoms with Gasteiger partial charge in [0.25, 0.3) is 0 Å². The van der Waals surface area contributed by atoms with E-state index in [9.17, 15) is 0 Å². The van der Waals surface area contributed by atoms with Gasteiger partial charge in [0, 0.05) is 10.2 Å². The van der Waals surface area contributed by atoms with E-state index in [0.29, 0.717) is 0 Å². The van der Waals surface area contributed by atoms with E-state index in [2.05, 4.69) is 32.9 Å². The van der Waals surface area contributed by atoms with E-state index in [0.717, 1.165) is 0 Å². The third-order valence-electron chi connectivity index (χ3n) is 2.69. The third-order valence-corrected chi connectivity index (χ3v) is 3.77. The van der Waals surface area contributed by atoms with Crippen LogP contribution in [0, 0.1) is 13.8 Å². The Bertz CT molecular complexity index is 277. The Morgan fingerprint density at radius 3 is 2.42 bits per heavy atom. The maximum absolute atomic E-state index is 2.30. The highest BCUT2D eigenvalue weighted by atomic mass is 28.1. The van der Waals surface area contributed by atoms with Crippen LogP contribution in [-0.2, 0) is 6.42 Å². The molecule has 0 N–H and O–H groups in total. The molecule has 0 nitrogen and oxygen atoms in total. The van der Waals surface area contributed by atoms with Crippen molar-refractivity contribution in [3.63, 3.8) is 0 Å². The first-order valence-corrected chi connectivity index (χ1v) is 5.72. The van der Waals surface area contributed by atoms with Gasteiger partial charge in [-0.2, -0.15) is 0 Å². The lowest BCUT2D eigenvalue weighted by Gasteiger charge is -2.09. The van der Waals surface area contributed by atoms with Crippen molar-refractivity contribution < 1.29 is 0 Å². The van der Waals surface area contributed by atoms with Crippen molar-refractivity contribution in [1.29, 1.82) is 0 Å². The average molecular weight is 178 g/mol. The highest BCUT2D eigenvalue weighted by Gasteiger charge is 2.01. The second kappa shape index (κ2) is 3.90. The summed E-state index contributed by atoms with van der Waals surface area (Å²) in [5.74, 6) is 0. The first-order chi connectivity index (χ1) is 5.66. The van der Waals surface area contributed by atoms with Crippen LogP contribution in [0.3, 0.4) is 0 Å². The van der Waals surface area contributed by atoms with Gasteiger partial charge in [0.05, 0.1) is 0 Å². The number of aryl methyl sites for hydroxylation is 1. The maximum atomic E-state index is 2.30. The Labute approximate surface area is 78.4 Å². The smallest absolute Gasteiger partial charge is 0.0388 e. The number of hydrogen-bond acceptors (Lipinski definition) is 0. The second-order valence-corrected chi connectivity index (χ2v) is 4.62. The summed E-state index contributed by atoms with van der Waals surface area (Å²) in [5, 5.41) is 1.55. The molecule has 0 spiro atoms. The topological polar surface area (TPSA) is 0 Å². The minimum atomic E-state index is 1.18. The van der Waals surface area contributed by atoms with E-state index >= 15 is 0 Å². The first-order valence-electron chi connectivity index (χ1n) is 4.72. The molecule has 0 radical (unpaired) electrons. The van der Waals surface area contributed by atoms with E-state index in [1.165, 1.54) is 39.8 Å². The predicted octanol–water partition coefficient (Wildman–Crippen LogP) is 1.25. The van der Waals surface area contributed by atoms with Gasteiger partial charge in [-0.1, -0.05) is 30.7 Å². The van der Waals surface area contributed by atoms with Gasteiger partial charge in [-0.15, -0.1) is 0 Å². The van der Waals surface area contributed by atoms with Crippen LogP contribution < -0.4 is 5.19 Å². The van der Waals surface area contributed by atoms with Crippen LogP contribution in [0.5, 0.6) is 0 Å². The molecule has 0 saturated heterocycles. The summed E-state index contributed by atoms with van der Waals surface area (Å²) in [6, 6.07) is 4.59. The van der Waals surface area contributed by atoms with Gasteiger partial charge in [-0.3, -0.25) is 0 Å². The molecule has 0 bridgehead atoms. The molecular formula is C11H18Si. The molecule has 0 aromatic heterocycles. The third kappa shape index (κ3) is 1.78. The Morgan fingerprint density at radius 1 is 1.17 bits per heavy atom. The SMILES string of the molecule is CCCc1ccc([SiH3])c(C)c1C. The first kappa shape index (κ1) is 9.52. The summed E-state index contributed by atoms with van der Waals surface area (Å²) in [4.78, 5) is 0. The van der Waals surface area contributed by atoms with E-state index in [1.807, 2.05) is 0 Å². The van der Waals surface area contributed by atoms with Crippen molar-refractivity contribution in [2.75, 3.05) is 0 Å². The van der Waals surface area contributed by atoms with Crippen LogP contribution in [0.2, 0.25) is 0 Å². The van der Waals surface area contributed by atoms with Crippen LogP contribution in [-0.4, -0.2) is 10.2 Å². The lowest BCUT2D eigenvalue weighted by atomic mass is 10.00. The van der Waals surface area contributed by atoms with Crippen LogP contribution in [0.15, 0.2) is 12.1 Å². The highest BCUT2D eigenvalue weighted by Crippen LogP contribution is 2.12. The molecule has 66 valence electrons. The second-order valence-electron chi connectivity index (χ2n) is 3.54. The van der Waals surface area contributed by atoms with Crippen molar-refractivity contribution in [3.05, 3.63) is 28.8 Å². The van der Waals surface area contributed by atoms with E-state index in [4.69, 9.17) is 0 Å². The Hall–Kier alpha value is -0.563. The molecule has 0 aliphatic rings. The quantitative estimate of drug-likeness (QED) is 0.598. The minimum Gasteiger partial charge on any atom is -0.0676 e. The number of hydrogen-bond donors (Lipinski definition) is 0. The van der Waals surface area contributed by atoms with E-state index in [-0.39, 0.29) is 0 Å². The molecule has 12 heavy (non-hydrogen) atoms. The lowest BCUT2D eigenvalue weighted by Crippen LogP contribution is -2.10. The van der Waals surface area contributed by atoms with Gasteiger partial charge >= 0.3 is 0 Å². The predicted molar refractivity (Wildman–Crippen MR) is 59.5 cm³/mol. The summed E-state index contributed by atoms with van der Waals surface area (Å²) in [7, 11) is 1.18. The van der Waals surface area contributed by atoms with Crippen molar-refractivity contribution >= 4 is 15.4 Å². The fourth-order valence-electron chi connectivity index (χ4n) is 1.55. The van der Waals surface area contributed by atoms with Crippen LogP contribution in [0.1, 0.15) is 30.0 Å². The standard InChI is InChI=1S/C11H18Si/c1-4-5-10-6-7-11(12)9(3)8(10)2/h6-7H,4-5H2,1-3,12H3. The zero-order valence-corrected chi connectivity index (χ0v) is 10.6. The Kier molecular flexibility index (Phi) is 3.10. The van der Waals surface area contributed by atoms with Gasteiger partial charge < -0.3 is 0 Å². The van der Waals surface area contributed by atoms with Gasteiger partial charge in [0.2, 0.25) is 0 Å². The van der Waals surface area contributed by atoms with Gasteiger partial charge in [-0.05, 0) is 37.0 Å². The molecule has 0 aliphatic carbocycles. The largest absolute Gasteiger partial charge is 0.0676 e. The summed E-state index contributed by atoms with van der Waals surface area (Å²) in [6.45, 7) is 6.74. The highest BCUT2D eigenvalue weighted by molar-refractivity contribution is 6.33. The fourth-order valence-corrected chi connectivity index (χ4v) is 2.09. The average Bonchev–Trinajstić information content (AvgIpc) is 2.07. The van der Waals surface area contributed by atoms with Crippen molar-refractivity contribution in [3.8, 4) is 0 Å². The zero-order chi connectivity index (χ0) is 9.14. The molecule has 0 fully saturated rings. The van der Waals surface area contributed by atoms with Gasteiger partial charge in [0.1, 0.15) is 0 Å². The molecule has 1 heteroatoms. The monoisotopic (exact) mass is 178 g/mol. The van der Waals surface area contributed by atoms with Crippen molar-refractivity contribution in [2.24, 2.45) is 0 Å². The number of rotatable bonds is 2. The molecule has 1 aromatic carbocycles. The number of benzene rings is 1. The van der Waals surface area contributed by atoms with Crippen LogP contribution in [0.25, 0.3) is 0 Å². The summed E-state index contributed by atoms with van der Waals surface area (Å²) in [5.41, 5.74) is 4.58. The summed E-state index contributed by atoms with van der Waals surface area (Å²) in [6.07, 6.45) is 2.48. The molecule has 0 heterocycles. The molecule has 0 saturated carbocycles. The fraction of sp³-hybridized carbons (Fsp3) is 0.455. The molecule has 0 amide bonds. The zero-order valence-electron chi connectivity index (χ0n) is 8.57. The maximum Gasteiger partial charge on any atom is 0.0388 e. The van der Waals surface area contributed by atoms with Gasteiger partial charge in [0.15, 0.2) is 0 Å². The lowest BCUT2D eigenvalue weighted by molar-refractivity contribution is 0.911. The minimum absolute atomic E-state index is 1.18.